The summed E-state index contributed by atoms with van der Waals surface area (Å²) in [5, 5.41) is 0. The molecule has 0 unspecified atom stereocenters. The number of sulfonamides is 1. The largest absolute Gasteiger partial charge is 0.465 e. The molecule has 1 heterocycles. The smallest absolute Gasteiger partial charge is 0.243 e. The Morgan fingerprint density at radius 1 is 1.20 bits per heavy atom. The van der Waals surface area contributed by atoms with E-state index in [1.807, 2.05) is 19.1 Å². The molecule has 0 spiro atoms. The Hall–Kier alpha value is -1.11. The molecule has 20 heavy (non-hydrogen) atoms. The van der Waals surface area contributed by atoms with E-state index in [1.165, 1.54) is 4.31 Å². The van der Waals surface area contributed by atoms with Gasteiger partial charge in [0.2, 0.25) is 10.0 Å². The van der Waals surface area contributed by atoms with Crippen molar-refractivity contribution in [3.63, 3.8) is 0 Å². The van der Waals surface area contributed by atoms with Crippen molar-refractivity contribution in [3.05, 3.63) is 51.9 Å². The molecule has 0 saturated heterocycles. The van der Waals surface area contributed by atoms with Crippen LogP contribution in [0, 0.1) is 13.8 Å². The molecule has 0 amide bonds. The van der Waals surface area contributed by atoms with Gasteiger partial charge in [-0.25, -0.2) is 8.42 Å². The molecule has 6 heteroatoms. The lowest BCUT2D eigenvalue weighted by molar-refractivity contribution is 0.397. The van der Waals surface area contributed by atoms with Gasteiger partial charge >= 0.3 is 0 Å². The topological polar surface area (TPSA) is 50.5 Å². The fraction of sp³-hybridized carbons (Fsp3) is 0.286. The van der Waals surface area contributed by atoms with Crippen molar-refractivity contribution in [2.45, 2.75) is 25.3 Å². The molecule has 0 atom stereocenters. The van der Waals surface area contributed by atoms with E-state index in [4.69, 9.17) is 4.42 Å². The number of hydrogen-bond donors (Lipinski definition) is 0. The number of rotatable bonds is 4. The first kappa shape index (κ1) is 15.3. The third kappa shape index (κ3) is 3.13. The highest BCUT2D eigenvalue weighted by atomic mass is 79.9. The summed E-state index contributed by atoms with van der Waals surface area (Å²) >= 11 is 3.31. The Morgan fingerprint density at radius 3 is 2.50 bits per heavy atom. The minimum absolute atomic E-state index is 0.210. The molecule has 0 bridgehead atoms. The molecule has 0 aliphatic heterocycles. The Balaban J connectivity index is 2.32. The van der Waals surface area contributed by atoms with Crippen molar-refractivity contribution in [3.8, 4) is 0 Å². The minimum Gasteiger partial charge on any atom is -0.465 e. The second kappa shape index (κ2) is 5.71. The Morgan fingerprint density at radius 2 is 1.90 bits per heavy atom. The van der Waals surface area contributed by atoms with Crippen molar-refractivity contribution in [2.75, 3.05) is 7.05 Å². The van der Waals surface area contributed by atoms with Crippen LogP contribution in [-0.2, 0) is 16.6 Å². The van der Waals surface area contributed by atoms with Crippen LogP contribution in [0.1, 0.15) is 17.1 Å². The van der Waals surface area contributed by atoms with Gasteiger partial charge in [-0.3, -0.25) is 0 Å². The summed E-state index contributed by atoms with van der Waals surface area (Å²) in [6, 6.07) is 8.83. The first-order valence-corrected chi connectivity index (χ1v) is 8.32. The maximum absolute atomic E-state index is 12.6. The number of benzene rings is 1. The lowest BCUT2D eigenvalue weighted by atomic mass is 10.2. The van der Waals surface area contributed by atoms with Gasteiger partial charge in [0.15, 0.2) is 0 Å². The van der Waals surface area contributed by atoms with Gasteiger partial charge in [-0.05, 0) is 43.7 Å². The molecular formula is C14H16BrNO3S. The van der Waals surface area contributed by atoms with E-state index in [0.717, 1.165) is 15.8 Å². The number of hydrogen-bond acceptors (Lipinski definition) is 3. The predicted molar refractivity (Wildman–Crippen MR) is 81.0 cm³/mol. The Bertz CT molecular complexity index is 722. The zero-order valence-corrected chi connectivity index (χ0v) is 14.0. The van der Waals surface area contributed by atoms with Gasteiger partial charge < -0.3 is 4.42 Å². The second-order valence-electron chi connectivity index (χ2n) is 4.68. The molecular weight excluding hydrogens is 342 g/mol. The monoisotopic (exact) mass is 357 g/mol. The van der Waals surface area contributed by atoms with E-state index in [1.54, 1.807) is 32.2 Å². The molecule has 0 N–H and O–H groups in total. The SMILES string of the molecule is Cc1ccc(CN(C)S(=O)(=O)c2cc(Br)ccc2C)o1. The minimum atomic E-state index is -3.54. The molecule has 1 aromatic carbocycles. The van der Waals surface area contributed by atoms with E-state index < -0.39 is 10.0 Å². The summed E-state index contributed by atoms with van der Waals surface area (Å²) in [7, 11) is -1.99. The number of furan rings is 1. The Labute approximate surface area is 127 Å². The van der Waals surface area contributed by atoms with Gasteiger partial charge in [-0.2, -0.15) is 4.31 Å². The standard InChI is InChI=1S/C14H16BrNO3S/c1-10-4-6-12(15)8-14(10)20(17,18)16(3)9-13-7-5-11(2)19-13/h4-8H,9H2,1-3H3. The molecule has 1 aromatic heterocycles. The van der Waals surface area contributed by atoms with Crippen LogP contribution >= 0.6 is 15.9 Å². The molecule has 0 radical (unpaired) electrons. The van der Waals surface area contributed by atoms with Crippen molar-refractivity contribution < 1.29 is 12.8 Å². The van der Waals surface area contributed by atoms with Crippen LogP contribution in [0.15, 0.2) is 44.1 Å². The van der Waals surface area contributed by atoms with Crippen LogP contribution in [0.2, 0.25) is 0 Å². The van der Waals surface area contributed by atoms with Crippen LogP contribution in [-0.4, -0.2) is 19.8 Å². The van der Waals surface area contributed by atoms with Crippen molar-refractivity contribution in [1.82, 2.24) is 4.31 Å². The fourth-order valence-electron chi connectivity index (χ4n) is 1.89. The van der Waals surface area contributed by atoms with Crippen LogP contribution in [0.5, 0.6) is 0 Å². The van der Waals surface area contributed by atoms with Gasteiger partial charge in [-0.15, -0.1) is 0 Å². The van der Waals surface area contributed by atoms with E-state index in [-0.39, 0.29) is 6.54 Å². The molecule has 2 aromatic rings. The Kier molecular flexibility index (Phi) is 4.36. The molecule has 2 rings (SSSR count). The third-order valence-corrected chi connectivity index (χ3v) is 5.45. The summed E-state index contributed by atoms with van der Waals surface area (Å²) in [5.74, 6) is 1.39. The summed E-state index contributed by atoms with van der Waals surface area (Å²) < 4.78 is 32.6. The van der Waals surface area contributed by atoms with E-state index in [0.29, 0.717) is 10.7 Å². The van der Waals surface area contributed by atoms with Crippen LogP contribution < -0.4 is 0 Å². The molecule has 0 fully saturated rings. The summed E-state index contributed by atoms with van der Waals surface area (Å²) in [5.41, 5.74) is 0.718. The van der Waals surface area contributed by atoms with E-state index in [9.17, 15) is 8.42 Å². The first-order valence-electron chi connectivity index (χ1n) is 6.08. The lowest BCUT2D eigenvalue weighted by Gasteiger charge is -2.17. The van der Waals surface area contributed by atoms with Crippen molar-refractivity contribution in [2.24, 2.45) is 0 Å². The highest BCUT2D eigenvalue weighted by Gasteiger charge is 2.24. The second-order valence-corrected chi connectivity index (χ2v) is 7.61. The van der Waals surface area contributed by atoms with Gasteiger partial charge in [0.25, 0.3) is 0 Å². The van der Waals surface area contributed by atoms with Crippen LogP contribution in [0.3, 0.4) is 0 Å². The van der Waals surface area contributed by atoms with E-state index >= 15 is 0 Å². The molecule has 4 nitrogen and oxygen atoms in total. The highest BCUT2D eigenvalue weighted by molar-refractivity contribution is 9.10. The van der Waals surface area contributed by atoms with Crippen LogP contribution in [0.4, 0.5) is 0 Å². The maximum atomic E-state index is 12.6. The average Bonchev–Trinajstić information content (AvgIpc) is 2.77. The number of aryl methyl sites for hydroxylation is 2. The van der Waals surface area contributed by atoms with Crippen molar-refractivity contribution >= 4 is 26.0 Å². The fourth-order valence-corrected chi connectivity index (χ4v) is 3.79. The summed E-state index contributed by atoms with van der Waals surface area (Å²) in [6.07, 6.45) is 0. The highest BCUT2D eigenvalue weighted by Crippen LogP contribution is 2.24. The summed E-state index contributed by atoms with van der Waals surface area (Å²) in [6.45, 7) is 3.82. The third-order valence-electron chi connectivity index (χ3n) is 3.01. The zero-order valence-electron chi connectivity index (χ0n) is 11.6. The quantitative estimate of drug-likeness (QED) is 0.841. The van der Waals surface area contributed by atoms with Gasteiger partial charge in [0, 0.05) is 11.5 Å². The molecule has 0 aliphatic rings. The maximum Gasteiger partial charge on any atom is 0.243 e. The van der Waals surface area contributed by atoms with Gasteiger partial charge in [0.05, 0.1) is 11.4 Å². The molecule has 0 saturated carbocycles. The average molecular weight is 358 g/mol. The lowest BCUT2D eigenvalue weighted by Crippen LogP contribution is -2.27. The normalized spacial score (nSPS) is 12.1. The van der Waals surface area contributed by atoms with Crippen LogP contribution in [0.25, 0.3) is 0 Å². The molecule has 108 valence electrons. The number of nitrogens with zero attached hydrogens (tertiary/aromatic N) is 1. The number of halogens is 1. The molecule has 0 aliphatic carbocycles. The van der Waals surface area contributed by atoms with Gasteiger partial charge in [0.1, 0.15) is 11.5 Å². The predicted octanol–water partition coefficient (Wildman–Crippen LogP) is 3.48. The van der Waals surface area contributed by atoms with E-state index in [2.05, 4.69) is 15.9 Å². The first-order chi connectivity index (χ1) is 9.30. The van der Waals surface area contributed by atoms with Crippen molar-refractivity contribution in [1.29, 1.82) is 0 Å². The summed E-state index contributed by atoms with van der Waals surface area (Å²) in [4.78, 5) is 0.303. The zero-order chi connectivity index (χ0) is 14.9. The van der Waals surface area contributed by atoms with Gasteiger partial charge in [-0.1, -0.05) is 22.0 Å².